The number of aliphatic hydroxyl groups excluding tert-OH is 1. The SMILES string of the molecule is O=C(c1ccnc(F)c1F)N(CCO)C1CC1. The molecule has 0 radical (unpaired) electrons. The smallest absolute Gasteiger partial charge is 0.257 e. The molecule has 1 N–H and O–H groups in total. The van der Waals surface area contributed by atoms with Gasteiger partial charge in [0.05, 0.1) is 12.2 Å². The molecule has 0 atom stereocenters. The van der Waals surface area contributed by atoms with Gasteiger partial charge in [-0.05, 0) is 18.9 Å². The Morgan fingerprint density at radius 3 is 2.82 bits per heavy atom. The highest BCUT2D eigenvalue weighted by molar-refractivity contribution is 5.94. The zero-order valence-electron chi connectivity index (χ0n) is 9.07. The van der Waals surface area contributed by atoms with Crippen LogP contribution < -0.4 is 0 Å². The molecule has 0 bridgehead atoms. The summed E-state index contributed by atoms with van der Waals surface area (Å²) in [6, 6.07) is 1.18. The molecule has 0 unspecified atom stereocenters. The quantitative estimate of drug-likeness (QED) is 0.800. The van der Waals surface area contributed by atoms with Crippen LogP contribution in [0.2, 0.25) is 0 Å². The normalized spacial score (nSPS) is 14.8. The highest BCUT2D eigenvalue weighted by Crippen LogP contribution is 2.28. The van der Waals surface area contributed by atoms with Crippen LogP contribution in [-0.2, 0) is 0 Å². The van der Waals surface area contributed by atoms with Gasteiger partial charge in [-0.3, -0.25) is 4.79 Å². The zero-order valence-corrected chi connectivity index (χ0v) is 9.07. The van der Waals surface area contributed by atoms with Gasteiger partial charge < -0.3 is 10.0 Å². The maximum atomic E-state index is 13.4. The molecule has 6 heteroatoms. The van der Waals surface area contributed by atoms with E-state index in [0.717, 1.165) is 25.1 Å². The van der Waals surface area contributed by atoms with Crippen molar-refractivity contribution in [3.63, 3.8) is 0 Å². The number of aromatic nitrogens is 1. The first kappa shape index (κ1) is 11.9. The fourth-order valence-electron chi connectivity index (χ4n) is 1.68. The van der Waals surface area contributed by atoms with Crippen molar-refractivity contribution in [2.24, 2.45) is 0 Å². The molecule has 4 nitrogen and oxygen atoms in total. The van der Waals surface area contributed by atoms with Crippen molar-refractivity contribution in [3.05, 3.63) is 29.6 Å². The fourth-order valence-corrected chi connectivity index (χ4v) is 1.68. The molecule has 17 heavy (non-hydrogen) atoms. The van der Waals surface area contributed by atoms with E-state index in [1.54, 1.807) is 0 Å². The zero-order chi connectivity index (χ0) is 12.4. The lowest BCUT2D eigenvalue weighted by Gasteiger charge is -2.21. The Balaban J connectivity index is 2.25. The van der Waals surface area contributed by atoms with Gasteiger partial charge in [0.25, 0.3) is 5.91 Å². The first-order valence-corrected chi connectivity index (χ1v) is 5.37. The summed E-state index contributed by atoms with van der Waals surface area (Å²) < 4.78 is 26.3. The predicted octanol–water partition coefficient (Wildman–Crippen LogP) is 0.957. The number of halogens is 2. The average molecular weight is 242 g/mol. The standard InChI is InChI=1S/C11H12F2N2O2/c12-9-8(3-4-14-10(9)13)11(17)15(5-6-16)7-1-2-7/h3-4,7,16H,1-2,5-6H2. The molecule has 0 spiro atoms. The number of carbonyl (C=O) groups excluding carboxylic acids is 1. The fraction of sp³-hybridized carbons (Fsp3) is 0.455. The van der Waals surface area contributed by atoms with Crippen molar-refractivity contribution in [1.82, 2.24) is 9.88 Å². The maximum absolute atomic E-state index is 13.4. The molecule has 1 amide bonds. The molecule has 92 valence electrons. The molecule has 0 aliphatic heterocycles. The highest BCUT2D eigenvalue weighted by atomic mass is 19.2. The van der Waals surface area contributed by atoms with Crippen LogP contribution in [0.3, 0.4) is 0 Å². The Kier molecular flexibility index (Phi) is 3.33. The Labute approximate surface area is 96.9 Å². The van der Waals surface area contributed by atoms with Crippen molar-refractivity contribution in [2.45, 2.75) is 18.9 Å². The maximum Gasteiger partial charge on any atom is 0.257 e. The minimum atomic E-state index is -1.28. The monoisotopic (exact) mass is 242 g/mol. The topological polar surface area (TPSA) is 53.4 Å². The molecule has 0 saturated heterocycles. The average Bonchev–Trinajstić information content (AvgIpc) is 3.13. The lowest BCUT2D eigenvalue weighted by molar-refractivity contribution is 0.0701. The van der Waals surface area contributed by atoms with E-state index >= 15 is 0 Å². The van der Waals surface area contributed by atoms with Crippen molar-refractivity contribution in [2.75, 3.05) is 13.2 Å². The summed E-state index contributed by atoms with van der Waals surface area (Å²) >= 11 is 0. The van der Waals surface area contributed by atoms with Crippen LogP contribution in [0.15, 0.2) is 12.3 Å². The number of hydrogen-bond donors (Lipinski definition) is 1. The molecule has 1 fully saturated rings. The summed E-state index contributed by atoms with van der Waals surface area (Å²) in [5, 5.41) is 8.86. The van der Waals surface area contributed by atoms with Gasteiger partial charge in [-0.25, -0.2) is 9.37 Å². The van der Waals surface area contributed by atoms with Crippen LogP contribution in [-0.4, -0.2) is 40.1 Å². The second-order valence-corrected chi connectivity index (χ2v) is 3.92. The third kappa shape index (κ3) is 2.41. The Hall–Kier alpha value is -1.56. The number of nitrogens with zero attached hydrogens (tertiary/aromatic N) is 2. The largest absolute Gasteiger partial charge is 0.395 e. The van der Waals surface area contributed by atoms with Crippen LogP contribution in [0.25, 0.3) is 0 Å². The van der Waals surface area contributed by atoms with E-state index in [1.165, 1.54) is 4.90 Å². The number of pyridine rings is 1. The lowest BCUT2D eigenvalue weighted by atomic mass is 10.2. The van der Waals surface area contributed by atoms with Gasteiger partial charge in [-0.2, -0.15) is 4.39 Å². The van der Waals surface area contributed by atoms with Crippen LogP contribution in [0, 0.1) is 11.8 Å². The molecular weight excluding hydrogens is 230 g/mol. The second kappa shape index (κ2) is 4.75. The molecule has 1 saturated carbocycles. The summed E-state index contributed by atoms with van der Waals surface area (Å²) in [4.78, 5) is 16.5. The molecule has 1 heterocycles. The third-order valence-corrected chi connectivity index (χ3v) is 2.67. The summed E-state index contributed by atoms with van der Waals surface area (Å²) in [6.07, 6.45) is 2.72. The Morgan fingerprint density at radius 2 is 2.24 bits per heavy atom. The second-order valence-electron chi connectivity index (χ2n) is 3.92. The van der Waals surface area contributed by atoms with Gasteiger partial charge in [0.1, 0.15) is 0 Å². The van der Waals surface area contributed by atoms with Crippen LogP contribution in [0.1, 0.15) is 23.2 Å². The molecular formula is C11H12F2N2O2. The van der Waals surface area contributed by atoms with Gasteiger partial charge in [0.15, 0.2) is 5.82 Å². The van der Waals surface area contributed by atoms with E-state index in [1.807, 2.05) is 0 Å². The van der Waals surface area contributed by atoms with Crippen molar-refractivity contribution >= 4 is 5.91 Å². The molecule has 1 aliphatic carbocycles. The minimum Gasteiger partial charge on any atom is -0.395 e. The van der Waals surface area contributed by atoms with Gasteiger partial charge in [-0.15, -0.1) is 0 Å². The van der Waals surface area contributed by atoms with Gasteiger partial charge >= 0.3 is 0 Å². The molecule has 2 rings (SSSR count). The van der Waals surface area contributed by atoms with Gasteiger partial charge in [0.2, 0.25) is 5.95 Å². The van der Waals surface area contributed by atoms with Crippen LogP contribution >= 0.6 is 0 Å². The van der Waals surface area contributed by atoms with Gasteiger partial charge in [-0.1, -0.05) is 0 Å². The first-order valence-electron chi connectivity index (χ1n) is 5.37. The summed E-state index contributed by atoms with van der Waals surface area (Å²) in [5.74, 6) is -3.11. The predicted molar refractivity (Wildman–Crippen MR) is 55.3 cm³/mol. The Morgan fingerprint density at radius 1 is 1.53 bits per heavy atom. The van der Waals surface area contributed by atoms with Gasteiger partial charge in [0, 0.05) is 18.8 Å². The number of aliphatic hydroxyl groups is 1. The first-order chi connectivity index (χ1) is 8.15. The highest BCUT2D eigenvalue weighted by Gasteiger charge is 2.34. The minimum absolute atomic E-state index is 0.0327. The Bertz CT molecular complexity index is 435. The van der Waals surface area contributed by atoms with E-state index in [4.69, 9.17) is 5.11 Å². The van der Waals surface area contributed by atoms with E-state index in [9.17, 15) is 13.6 Å². The van der Waals surface area contributed by atoms with E-state index in [-0.39, 0.29) is 24.8 Å². The molecule has 1 aromatic rings. The van der Waals surface area contributed by atoms with Crippen molar-refractivity contribution in [1.29, 1.82) is 0 Å². The molecule has 1 aliphatic rings. The van der Waals surface area contributed by atoms with E-state index in [2.05, 4.69) is 4.98 Å². The summed E-state index contributed by atoms with van der Waals surface area (Å²) in [6.45, 7) is -0.0652. The molecule has 1 aromatic heterocycles. The van der Waals surface area contributed by atoms with Crippen molar-refractivity contribution < 1.29 is 18.7 Å². The summed E-state index contributed by atoms with van der Waals surface area (Å²) in [5.41, 5.74) is -0.335. The van der Waals surface area contributed by atoms with Crippen LogP contribution in [0.5, 0.6) is 0 Å². The number of carbonyl (C=O) groups is 1. The van der Waals surface area contributed by atoms with Crippen LogP contribution in [0.4, 0.5) is 8.78 Å². The number of hydrogen-bond acceptors (Lipinski definition) is 3. The molecule has 0 aromatic carbocycles. The van der Waals surface area contributed by atoms with E-state index in [0.29, 0.717) is 0 Å². The lowest BCUT2D eigenvalue weighted by Crippen LogP contribution is -2.36. The number of amides is 1. The third-order valence-electron chi connectivity index (χ3n) is 2.67. The summed E-state index contributed by atoms with van der Waals surface area (Å²) in [7, 11) is 0. The van der Waals surface area contributed by atoms with E-state index < -0.39 is 17.7 Å². The van der Waals surface area contributed by atoms with Crippen molar-refractivity contribution in [3.8, 4) is 0 Å². The number of rotatable bonds is 4.